The van der Waals surface area contributed by atoms with Crippen LogP contribution in [0.25, 0.3) is 0 Å². The molecule has 0 spiro atoms. The van der Waals surface area contributed by atoms with Gasteiger partial charge in [0.2, 0.25) is 0 Å². The molecule has 4 heteroatoms. The van der Waals surface area contributed by atoms with Crippen molar-refractivity contribution in [3.63, 3.8) is 0 Å². The topological polar surface area (TPSA) is 31.4 Å². The largest absolute Gasteiger partial charge is 0.384 e. The van der Waals surface area contributed by atoms with E-state index >= 15 is 0 Å². The minimum atomic E-state index is 0.796. The average molecular weight is 288 g/mol. The summed E-state index contributed by atoms with van der Waals surface area (Å²) in [5.74, 6) is 0.824. The molecule has 2 aliphatic heterocycles. The zero-order valence-corrected chi connectivity index (χ0v) is 13.4. The summed E-state index contributed by atoms with van der Waals surface area (Å²) < 4.78 is 0. The van der Waals surface area contributed by atoms with Crippen LogP contribution in [0, 0.1) is 5.92 Å². The Hall–Kier alpha value is -1.29. The summed E-state index contributed by atoms with van der Waals surface area (Å²) in [6.45, 7) is 6.83. The maximum Gasteiger partial charge on any atom is 0.0573 e. The lowest BCUT2D eigenvalue weighted by Gasteiger charge is -2.46. The molecule has 2 aliphatic rings. The van der Waals surface area contributed by atoms with E-state index in [2.05, 4.69) is 40.1 Å². The van der Waals surface area contributed by atoms with Gasteiger partial charge in [-0.15, -0.1) is 0 Å². The highest BCUT2D eigenvalue weighted by Gasteiger charge is 2.34. The molecule has 21 heavy (non-hydrogen) atoms. The molecule has 2 saturated heterocycles. The molecule has 0 aliphatic carbocycles. The smallest absolute Gasteiger partial charge is 0.0573 e. The summed E-state index contributed by atoms with van der Waals surface area (Å²) in [4.78, 5) is 9.52. The van der Waals surface area contributed by atoms with Gasteiger partial charge in [-0.05, 0) is 51.3 Å². The van der Waals surface area contributed by atoms with E-state index in [1.54, 1.807) is 0 Å². The van der Waals surface area contributed by atoms with Crippen molar-refractivity contribution >= 4 is 11.4 Å². The number of hydrogen-bond acceptors (Lipinski definition) is 4. The highest BCUT2D eigenvalue weighted by Crippen LogP contribution is 2.32. The number of piperidine rings is 2. The fraction of sp³-hybridized carbons (Fsp3) is 0.706. The molecule has 0 aromatic carbocycles. The Morgan fingerprint density at radius 1 is 1.29 bits per heavy atom. The number of hydrogen-bond donors (Lipinski definition) is 1. The molecule has 1 N–H and O–H groups in total. The molecular weight excluding hydrogens is 260 g/mol. The van der Waals surface area contributed by atoms with Crippen molar-refractivity contribution in [3.05, 3.63) is 18.5 Å². The second kappa shape index (κ2) is 6.65. The second-order valence-corrected chi connectivity index (χ2v) is 6.54. The summed E-state index contributed by atoms with van der Waals surface area (Å²) in [5, 5.41) is 3.44. The Bertz CT molecular complexity index is 462. The van der Waals surface area contributed by atoms with Crippen molar-refractivity contribution in [3.8, 4) is 0 Å². The van der Waals surface area contributed by atoms with Crippen molar-refractivity contribution in [2.24, 2.45) is 5.92 Å². The molecule has 1 aromatic heterocycles. The average Bonchev–Trinajstić information content (AvgIpc) is 2.53. The van der Waals surface area contributed by atoms with Gasteiger partial charge in [0.05, 0.1) is 23.8 Å². The van der Waals surface area contributed by atoms with Gasteiger partial charge in [-0.2, -0.15) is 0 Å². The van der Waals surface area contributed by atoms with Gasteiger partial charge in [-0.3, -0.25) is 4.98 Å². The molecule has 3 rings (SSSR count). The summed E-state index contributed by atoms with van der Waals surface area (Å²) in [6.07, 6.45) is 9.11. The normalized spacial score (nSPS) is 26.5. The maximum absolute atomic E-state index is 4.42. The van der Waals surface area contributed by atoms with E-state index in [9.17, 15) is 0 Å². The summed E-state index contributed by atoms with van der Waals surface area (Å²) >= 11 is 0. The van der Waals surface area contributed by atoms with Crippen LogP contribution in [-0.4, -0.2) is 49.2 Å². The van der Waals surface area contributed by atoms with Crippen molar-refractivity contribution in [1.82, 2.24) is 9.88 Å². The third-order valence-electron chi connectivity index (χ3n) is 5.01. The minimum Gasteiger partial charge on any atom is -0.384 e. The van der Waals surface area contributed by atoms with Crippen molar-refractivity contribution in [1.29, 1.82) is 0 Å². The molecule has 116 valence electrons. The molecule has 0 amide bonds. The van der Waals surface area contributed by atoms with E-state index < -0.39 is 0 Å². The zero-order chi connectivity index (χ0) is 14.7. The minimum absolute atomic E-state index is 0.796. The fourth-order valence-electron chi connectivity index (χ4n) is 3.85. The van der Waals surface area contributed by atoms with E-state index in [0.29, 0.717) is 0 Å². The number of likely N-dealkylation sites (tertiary alicyclic amines) is 1. The van der Waals surface area contributed by atoms with Gasteiger partial charge >= 0.3 is 0 Å². The number of nitrogens with one attached hydrogen (secondary N) is 1. The van der Waals surface area contributed by atoms with Crippen LogP contribution in [0.1, 0.15) is 32.6 Å². The van der Waals surface area contributed by atoms with E-state index in [1.165, 1.54) is 38.0 Å². The molecular formula is C17H28N4. The first kappa shape index (κ1) is 14.6. The van der Waals surface area contributed by atoms with Gasteiger partial charge in [0, 0.05) is 25.7 Å². The number of rotatable bonds is 4. The monoisotopic (exact) mass is 288 g/mol. The van der Waals surface area contributed by atoms with Crippen LogP contribution in [0.15, 0.2) is 18.5 Å². The quantitative estimate of drug-likeness (QED) is 0.923. The predicted octanol–water partition coefficient (Wildman–Crippen LogP) is 2.82. The second-order valence-electron chi connectivity index (χ2n) is 6.54. The third kappa shape index (κ3) is 3.31. The summed E-state index contributed by atoms with van der Waals surface area (Å²) in [6, 6.07) is 3.06. The zero-order valence-electron chi connectivity index (χ0n) is 13.4. The lowest BCUT2D eigenvalue weighted by atomic mass is 9.84. The Kier molecular flexibility index (Phi) is 4.63. The first-order chi connectivity index (χ1) is 10.3. The molecule has 3 heterocycles. The fourth-order valence-corrected chi connectivity index (χ4v) is 3.85. The SMILES string of the molecule is CCCNc1cncc(N2CCC3C(CCCN3C)C2)c1. The van der Waals surface area contributed by atoms with Crippen LogP contribution in [0.3, 0.4) is 0 Å². The highest BCUT2D eigenvalue weighted by molar-refractivity contribution is 5.56. The number of pyridine rings is 1. The van der Waals surface area contributed by atoms with Gasteiger partial charge in [0.1, 0.15) is 0 Å². The maximum atomic E-state index is 4.42. The van der Waals surface area contributed by atoms with E-state index in [-0.39, 0.29) is 0 Å². The Labute approximate surface area is 128 Å². The lowest BCUT2D eigenvalue weighted by Crippen LogP contribution is -2.52. The van der Waals surface area contributed by atoms with Crippen LogP contribution >= 0.6 is 0 Å². The molecule has 2 fully saturated rings. The van der Waals surface area contributed by atoms with Crippen LogP contribution in [0.4, 0.5) is 11.4 Å². The number of fused-ring (bicyclic) bond motifs is 1. The van der Waals surface area contributed by atoms with E-state index in [4.69, 9.17) is 0 Å². The predicted molar refractivity (Wildman–Crippen MR) is 89.0 cm³/mol. The molecule has 0 radical (unpaired) electrons. The number of nitrogens with zero attached hydrogens (tertiary/aromatic N) is 3. The van der Waals surface area contributed by atoms with Crippen LogP contribution < -0.4 is 10.2 Å². The first-order valence-corrected chi connectivity index (χ1v) is 8.42. The van der Waals surface area contributed by atoms with Gasteiger partial charge in [0.25, 0.3) is 0 Å². The Morgan fingerprint density at radius 2 is 2.19 bits per heavy atom. The van der Waals surface area contributed by atoms with Crippen molar-refractivity contribution < 1.29 is 0 Å². The van der Waals surface area contributed by atoms with Crippen LogP contribution in [-0.2, 0) is 0 Å². The van der Waals surface area contributed by atoms with E-state index in [0.717, 1.165) is 37.2 Å². The Balaban J connectivity index is 1.67. The Morgan fingerprint density at radius 3 is 3.05 bits per heavy atom. The molecule has 0 bridgehead atoms. The molecule has 4 nitrogen and oxygen atoms in total. The van der Waals surface area contributed by atoms with Gasteiger partial charge < -0.3 is 15.1 Å². The molecule has 1 aromatic rings. The van der Waals surface area contributed by atoms with Crippen molar-refractivity contribution in [2.45, 2.75) is 38.6 Å². The highest BCUT2D eigenvalue weighted by atomic mass is 15.2. The van der Waals surface area contributed by atoms with Crippen molar-refractivity contribution in [2.75, 3.05) is 43.4 Å². The van der Waals surface area contributed by atoms with Gasteiger partial charge in [-0.25, -0.2) is 0 Å². The van der Waals surface area contributed by atoms with Gasteiger partial charge in [0.15, 0.2) is 0 Å². The number of aromatic nitrogens is 1. The molecule has 2 unspecified atom stereocenters. The first-order valence-electron chi connectivity index (χ1n) is 8.42. The summed E-state index contributed by atoms with van der Waals surface area (Å²) in [7, 11) is 2.29. The third-order valence-corrected chi connectivity index (χ3v) is 5.01. The summed E-state index contributed by atoms with van der Waals surface area (Å²) in [5.41, 5.74) is 2.43. The van der Waals surface area contributed by atoms with Crippen LogP contribution in [0.2, 0.25) is 0 Å². The van der Waals surface area contributed by atoms with E-state index in [1.807, 2.05) is 12.4 Å². The van der Waals surface area contributed by atoms with Crippen LogP contribution in [0.5, 0.6) is 0 Å². The van der Waals surface area contributed by atoms with Gasteiger partial charge in [-0.1, -0.05) is 6.92 Å². The molecule has 2 atom stereocenters. The molecule has 0 saturated carbocycles. The standard InChI is InChI=1S/C17H28N4/c1-3-7-19-15-10-16(12-18-11-15)21-9-6-17-14(13-21)5-4-8-20(17)2/h10-12,14,17,19H,3-9,13H2,1-2H3. The number of anilines is 2. The lowest BCUT2D eigenvalue weighted by molar-refractivity contribution is 0.102.